The van der Waals surface area contributed by atoms with Gasteiger partial charge in [-0.05, 0) is 36.5 Å². The summed E-state index contributed by atoms with van der Waals surface area (Å²) in [5.41, 5.74) is -0.309. The minimum Gasteiger partial charge on any atom is -0.545 e. The molecule has 0 aliphatic carbocycles. The molecule has 2 atom stereocenters. The number of aromatic carboxylic acids is 1. The number of carboxylic acids is 1. The van der Waals surface area contributed by atoms with Crippen molar-refractivity contribution in [1.29, 1.82) is 0 Å². The van der Waals surface area contributed by atoms with Crippen LogP contribution in [0.4, 0.5) is 0 Å². The van der Waals surface area contributed by atoms with Gasteiger partial charge in [-0.15, -0.1) is 0 Å². The highest BCUT2D eigenvalue weighted by Gasteiger charge is 2.31. The van der Waals surface area contributed by atoms with Crippen molar-refractivity contribution in [3.63, 3.8) is 0 Å². The van der Waals surface area contributed by atoms with E-state index in [4.69, 9.17) is 11.6 Å². The minimum atomic E-state index is -3.72. The molecule has 1 aliphatic heterocycles. The van der Waals surface area contributed by atoms with E-state index < -0.39 is 16.0 Å². The van der Waals surface area contributed by atoms with Crippen LogP contribution >= 0.6 is 11.6 Å². The topological polar surface area (TPSA) is 77.5 Å². The number of carbonyl (C=O) groups excluding carboxylic acids is 1. The number of rotatable bonds is 3. The molecule has 0 spiro atoms. The van der Waals surface area contributed by atoms with E-state index in [1.807, 2.05) is 13.8 Å². The van der Waals surface area contributed by atoms with Gasteiger partial charge < -0.3 is 9.90 Å². The van der Waals surface area contributed by atoms with Gasteiger partial charge in [0.15, 0.2) is 0 Å². The quantitative estimate of drug-likeness (QED) is 0.838. The lowest BCUT2D eigenvalue weighted by Crippen LogP contribution is -2.42. The van der Waals surface area contributed by atoms with Gasteiger partial charge in [0, 0.05) is 23.7 Å². The molecule has 5 nitrogen and oxygen atoms in total. The number of hydrogen-bond acceptors (Lipinski definition) is 4. The lowest BCUT2D eigenvalue weighted by Gasteiger charge is -2.34. The van der Waals surface area contributed by atoms with E-state index in [1.165, 1.54) is 16.4 Å². The maximum absolute atomic E-state index is 12.6. The van der Waals surface area contributed by atoms with Crippen molar-refractivity contribution in [2.75, 3.05) is 13.1 Å². The first-order chi connectivity index (χ1) is 9.71. The molecule has 2 rings (SSSR count). The SMILES string of the molecule is C[C@@H]1C[C@H](C)CN(S(=O)(=O)c2ccc(Cl)c(C(=O)[O-])c2)C1. The van der Waals surface area contributed by atoms with Crippen LogP contribution in [-0.2, 0) is 10.0 Å². The molecule has 0 unspecified atom stereocenters. The fourth-order valence-electron chi connectivity index (χ4n) is 2.77. The van der Waals surface area contributed by atoms with E-state index in [2.05, 4.69) is 0 Å². The third-order valence-corrected chi connectivity index (χ3v) is 5.79. The first-order valence-electron chi connectivity index (χ1n) is 6.73. The average molecular weight is 331 g/mol. The fourth-order valence-corrected chi connectivity index (χ4v) is 4.67. The highest BCUT2D eigenvalue weighted by molar-refractivity contribution is 7.89. The molecule has 1 saturated heterocycles. The average Bonchev–Trinajstić information content (AvgIpc) is 2.37. The number of carboxylic acid groups (broad SMARTS) is 1. The first kappa shape index (κ1) is 16.3. The van der Waals surface area contributed by atoms with Crippen molar-refractivity contribution in [2.24, 2.45) is 11.8 Å². The molecule has 0 saturated carbocycles. The molecule has 21 heavy (non-hydrogen) atoms. The monoisotopic (exact) mass is 330 g/mol. The molecule has 1 heterocycles. The molecule has 1 aromatic rings. The summed E-state index contributed by atoms with van der Waals surface area (Å²) < 4.78 is 26.7. The molecule has 0 radical (unpaired) electrons. The molecule has 0 N–H and O–H groups in total. The van der Waals surface area contributed by atoms with Crippen molar-refractivity contribution in [3.8, 4) is 0 Å². The Bertz CT molecular complexity index is 649. The van der Waals surface area contributed by atoms with Crippen LogP contribution in [-0.4, -0.2) is 31.8 Å². The maximum atomic E-state index is 12.6. The van der Waals surface area contributed by atoms with Gasteiger partial charge >= 0.3 is 0 Å². The number of carbonyl (C=O) groups is 1. The van der Waals surface area contributed by atoms with Crippen LogP contribution in [0.25, 0.3) is 0 Å². The van der Waals surface area contributed by atoms with Gasteiger partial charge in [0.05, 0.1) is 10.9 Å². The number of hydrogen-bond donors (Lipinski definition) is 0. The largest absolute Gasteiger partial charge is 0.545 e. The number of halogens is 1. The van der Waals surface area contributed by atoms with Crippen molar-refractivity contribution in [1.82, 2.24) is 4.31 Å². The Morgan fingerprint density at radius 1 is 1.29 bits per heavy atom. The second-order valence-corrected chi connectivity index (χ2v) is 8.04. The van der Waals surface area contributed by atoms with Crippen molar-refractivity contribution in [2.45, 2.75) is 25.2 Å². The Hall–Kier alpha value is -1.11. The normalized spacial score (nSPS) is 24.0. The van der Waals surface area contributed by atoms with Crippen molar-refractivity contribution < 1.29 is 18.3 Å². The Morgan fingerprint density at radius 2 is 1.86 bits per heavy atom. The van der Waals surface area contributed by atoms with E-state index in [1.54, 1.807) is 0 Å². The first-order valence-corrected chi connectivity index (χ1v) is 8.54. The predicted molar refractivity (Wildman–Crippen MR) is 77.5 cm³/mol. The van der Waals surface area contributed by atoms with Crippen molar-refractivity contribution in [3.05, 3.63) is 28.8 Å². The summed E-state index contributed by atoms with van der Waals surface area (Å²) in [6.45, 7) is 4.89. The smallest absolute Gasteiger partial charge is 0.243 e. The van der Waals surface area contributed by atoms with Gasteiger partial charge in [-0.3, -0.25) is 0 Å². The predicted octanol–water partition coefficient (Wildman–Crippen LogP) is 1.37. The maximum Gasteiger partial charge on any atom is 0.243 e. The van der Waals surface area contributed by atoms with Gasteiger partial charge in [0.1, 0.15) is 0 Å². The van der Waals surface area contributed by atoms with E-state index in [0.717, 1.165) is 12.5 Å². The second kappa shape index (κ2) is 5.94. The van der Waals surface area contributed by atoms with E-state index >= 15 is 0 Å². The summed E-state index contributed by atoms with van der Waals surface area (Å²) in [6, 6.07) is 3.67. The lowest BCUT2D eigenvalue weighted by molar-refractivity contribution is -0.255. The van der Waals surface area contributed by atoms with E-state index in [0.29, 0.717) is 13.1 Å². The van der Waals surface area contributed by atoms with Crippen LogP contribution in [0.5, 0.6) is 0 Å². The third-order valence-electron chi connectivity index (χ3n) is 3.63. The zero-order valence-corrected chi connectivity index (χ0v) is 13.4. The summed E-state index contributed by atoms with van der Waals surface area (Å²) in [7, 11) is -3.72. The Labute approximate surface area is 129 Å². The molecule has 0 aromatic heterocycles. The van der Waals surface area contributed by atoms with Gasteiger partial charge in [-0.25, -0.2) is 8.42 Å². The molecule has 0 amide bonds. The standard InChI is InChI=1S/C14H18ClNO4S/c1-9-5-10(2)8-16(7-9)21(19,20)11-3-4-13(15)12(6-11)14(17)18/h3-4,6,9-10H,5,7-8H2,1-2H3,(H,17,18)/p-1/t9-,10+. The van der Waals surface area contributed by atoms with Crippen LogP contribution in [0, 0.1) is 11.8 Å². The van der Waals surface area contributed by atoms with Crippen LogP contribution < -0.4 is 5.11 Å². The summed E-state index contributed by atoms with van der Waals surface area (Å²) in [5, 5.41) is 10.9. The van der Waals surface area contributed by atoms with Gasteiger partial charge in [0.2, 0.25) is 10.0 Å². The summed E-state index contributed by atoms with van der Waals surface area (Å²) in [5.74, 6) is -0.940. The molecular formula is C14H17ClNO4S-. The molecular weight excluding hydrogens is 314 g/mol. The van der Waals surface area contributed by atoms with Crippen molar-refractivity contribution >= 4 is 27.6 Å². The number of nitrogens with zero attached hydrogens (tertiary/aromatic N) is 1. The Kier molecular flexibility index (Phi) is 4.60. The summed E-state index contributed by atoms with van der Waals surface area (Å²) in [6.07, 6.45) is 0.983. The number of benzene rings is 1. The molecule has 1 aliphatic rings. The molecule has 1 aromatic carbocycles. The van der Waals surface area contributed by atoms with Crippen LogP contribution in [0.1, 0.15) is 30.6 Å². The van der Waals surface area contributed by atoms with Gasteiger partial charge in [-0.1, -0.05) is 25.4 Å². The number of piperidine rings is 1. The molecule has 0 bridgehead atoms. The van der Waals surface area contributed by atoms with E-state index in [-0.39, 0.29) is 27.3 Å². The lowest BCUT2D eigenvalue weighted by atomic mass is 9.94. The molecule has 116 valence electrons. The molecule has 1 fully saturated rings. The minimum absolute atomic E-state index is 0.0330. The zero-order valence-electron chi connectivity index (χ0n) is 11.9. The summed E-state index contributed by atoms with van der Waals surface area (Å²) >= 11 is 5.74. The number of sulfonamides is 1. The van der Waals surface area contributed by atoms with Gasteiger partial charge in [-0.2, -0.15) is 4.31 Å². The Morgan fingerprint density at radius 3 is 2.38 bits per heavy atom. The highest BCUT2D eigenvalue weighted by atomic mass is 35.5. The zero-order chi connectivity index (χ0) is 15.8. The van der Waals surface area contributed by atoms with Crippen LogP contribution in [0.2, 0.25) is 5.02 Å². The fraction of sp³-hybridized carbons (Fsp3) is 0.500. The van der Waals surface area contributed by atoms with Crippen LogP contribution in [0.15, 0.2) is 23.1 Å². The Balaban J connectivity index is 2.40. The highest BCUT2D eigenvalue weighted by Crippen LogP contribution is 2.28. The summed E-state index contributed by atoms with van der Waals surface area (Å²) in [4.78, 5) is 10.9. The van der Waals surface area contributed by atoms with Gasteiger partial charge in [0.25, 0.3) is 0 Å². The van der Waals surface area contributed by atoms with Crippen LogP contribution in [0.3, 0.4) is 0 Å². The molecule has 7 heteroatoms. The third kappa shape index (κ3) is 3.39. The second-order valence-electron chi connectivity index (χ2n) is 5.70. The van der Waals surface area contributed by atoms with E-state index in [9.17, 15) is 18.3 Å².